The molecule has 1 aliphatic carbocycles. The van der Waals surface area contributed by atoms with Gasteiger partial charge in [-0.25, -0.2) is 0 Å². The SMILES string of the molecule is Cc1cn[nH]c1CN[C@H]1CC[C@@H](O)C1. The van der Waals surface area contributed by atoms with Crippen molar-refractivity contribution in [3.8, 4) is 0 Å². The van der Waals surface area contributed by atoms with Gasteiger partial charge in [-0.3, -0.25) is 5.10 Å². The van der Waals surface area contributed by atoms with E-state index in [1.807, 2.05) is 13.1 Å². The minimum atomic E-state index is -0.102. The molecule has 4 nitrogen and oxygen atoms in total. The molecule has 0 bridgehead atoms. The summed E-state index contributed by atoms with van der Waals surface area (Å²) in [6, 6.07) is 0.465. The molecule has 78 valence electrons. The van der Waals surface area contributed by atoms with Gasteiger partial charge in [0.1, 0.15) is 0 Å². The zero-order chi connectivity index (χ0) is 9.97. The second-order valence-electron chi connectivity index (χ2n) is 4.08. The molecular formula is C10H17N3O. The highest BCUT2D eigenvalue weighted by Gasteiger charge is 2.22. The normalized spacial score (nSPS) is 27.0. The molecule has 1 heterocycles. The van der Waals surface area contributed by atoms with Crippen molar-refractivity contribution < 1.29 is 5.11 Å². The van der Waals surface area contributed by atoms with E-state index in [1.54, 1.807) is 0 Å². The Kier molecular flexibility index (Phi) is 2.84. The van der Waals surface area contributed by atoms with Crippen LogP contribution < -0.4 is 5.32 Å². The summed E-state index contributed by atoms with van der Waals surface area (Å²) in [7, 11) is 0. The van der Waals surface area contributed by atoms with Gasteiger partial charge < -0.3 is 10.4 Å². The molecule has 0 spiro atoms. The number of aromatic amines is 1. The van der Waals surface area contributed by atoms with Crippen LogP contribution in [0.3, 0.4) is 0 Å². The molecule has 1 aromatic rings. The lowest BCUT2D eigenvalue weighted by atomic mass is 10.2. The fourth-order valence-electron chi connectivity index (χ4n) is 1.94. The van der Waals surface area contributed by atoms with Crippen molar-refractivity contribution in [3.05, 3.63) is 17.5 Å². The number of aliphatic hydroxyl groups is 1. The lowest BCUT2D eigenvalue weighted by molar-refractivity contribution is 0.179. The van der Waals surface area contributed by atoms with E-state index in [1.165, 1.54) is 5.56 Å². The van der Waals surface area contributed by atoms with E-state index in [0.29, 0.717) is 6.04 Å². The second kappa shape index (κ2) is 4.11. The Hall–Kier alpha value is -0.870. The lowest BCUT2D eigenvalue weighted by Crippen LogP contribution is -2.26. The molecule has 1 saturated carbocycles. The van der Waals surface area contributed by atoms with Crippen molar-refractivity contribution in [2.24, 2.45) is 0 Å². The topological polar surface area (TPSA) is 60.9 Å². The van der Waals surface area contributed by atoms with E-state index in [0.717, 1.165) is 31.5 Å². The maximum absolute atomic E-state index is 9.35. The van der Waals surface area contributed by atoms with Gasteiger partial charge in [0.25, 0.3) is 0 Å². The third kappa shape index (κ3) is 2.13. The van der Waals surface area contributed by atoms with Gasteiger partial charge in [-0.05, 0) is 31.7 Å². The monoisotopic (exact) mass is 195 g/mol. The second-order valence-corrected chi connectivity index (χ2v) is 4.08. The standard InChI is InChI=1S/C10H17N3O/c1-7-5-12-13-10(7)6-11-8-2-3-9(14)4-8/h5,8-9,11,14H,2-4,6H2,1H3,(H,12,13)/t8-,9+/m0/s1. The van der Waals surface area contributed by atoms with Crippen molar-refractivity contribution in [2.45, 2.75) is 44.9 Å². The van der Waals surface area contributed by atoms with Gasteiger partial charge in [0.15, 0.2) is 0 Å². The molecular weight excluding hydrogens is 178 g/mol. The van der Waals surface area contributed by atoms with Gasteiger partial charge in [0.05, 0.1) is 18.0 Å². The number of rotatable bonds is 3. The Labute approximate surface area is 83.7 Å². The summed E-state index contributed by atoms with van der Waals surface area (Å²) in [5.74, 6) is 0. The first-order valence-corrected chi connectivity index (χ1v) is 5.16. The summed E-state index contributed by atoms with van der Waals surface area (Å²) in [5, 5.41) is 19.7. The third-order valence-electron chi connectivity index (χ3n) is 2.91. The fraction of sp³-hybridized carbons (Fsp3) is 0.700. The summed E-state index contributed by atoms with van der Waals surface area (Å²) in [5.41, 5.74) is 2.34. The van der Waals surface area contributed by atoms with Crippen LogP contribution in [0.1, 0.15) is 30.5 Å². The molecule has 1 fully saturated rings. The zero-order valence-corrected chi connectivity index (χ0v) is 8.45. The highest BCUT2D eigenvalue weighted by molar-refractivity contribution is 5.13. The molecule has 14 heavy (non-hydrogen) atoms. The van der Waals surface area contributed by atoms with Gasteiger partial charge in [-0.2, -0.15) is 5.10 Å². The number of H-pyrrole nitrogens is 1. The van der Waals surface area contributed by atoms with Crippen LogP contribution in [-0.4, -0.2) is 27.4 Å². The summed E-state index contributed by atoms with van der Waals surface area (Å²) in [6.07, 6.45) is 4.62. The van der Waals surface area contributed by atoms with Gasteiger partial charge in [-0.1, -0.05) is 0 Å². The lowest BCUT2D eigenvalue weighted by Gasteiger charge is -2.11. The molecule has 0 amide bonds. The number of aromatic nitrogens is 2. The largest absolute Gasteiger partial charge is 0.393 e. The average molecular weight is 195 g/mol. The number of hydrogen-bond donors (Lipinski definition) is 3. The maximum atomic E-state index is 9.35. The molecule has 3 N–H and O–H groups in total. The van der Waals surface area contributed by atoms with Crippen molar-refractivity contribution in [1.82, 2.24) is 15.5 Å². The number of nitrogens with one attached hydrogen (secondary N) is 2. The van der Waals surface area contributed by atoms with Crippen LogP contribution in [0.4, 0.5) is 0 Å². The summed E-state index contributed by atoms with van der Waals surface area (Å²) < 4.78 is 0. The highest BCUT2D eigenvalue weighted by Crippen LogP contribution is 2.19. The number of aryl methyl sites for hydroxylation is 1. The smallest absolute Gasteiger partial charge is 0.0555 e. The van der Waals surface area contributed by atoms with Gasteiger partial charge >= 0.3 is 0 Å². The molecule has 0 aromatic carbocycles. The van der Waals surface area contributed by atoms with Crippen LogP contribution in [0.5, 0.6) is 0 Å². The van der Waals surface area contributed by atoms with Crippen molar-refractivity contribution >= 4 is 0 Å². The minimum Gasteiger partial charge on any atom is -0.393 e. The third-order valence-corrected chi connectivity index (χ3v) is 2.91. The molecule has 2 atom stereocenters. The molecule has 0 unspecified atom stereocenters. The first kappa shape index (κ1) is 9.68. The summed E-state index contributed by atoms with van der Waals surface area (Å²) in [4.78, 5) is 0. The predicted molar refractivity (Wildman–Crippen MR) is 53.8 cm³/mol. The minimum absolute atomic E-state index is 0.102. The molecule has 1 aliphatic rings. The highest BCUT2D eigenvalue weighted by atomic mass is 16.3. The summed E-state index contributed by atoms with van der Waals surface area (Å²) >= 11 is 0. The molecule has 4 heteroatoms. The molecule has 2 rings (SSSR count). The molecule has 0 aliphatic heterocycles. The van der Waals surface area contributed by atoms with Crippen LogP contribution in [0.2, 0.25) is 0 Å². The first-order valence-electron chi connectivity index (χ1n) is 5.16. The Morgan fingerprint density at radius 2 is 2.50 bits per heavy atom. The van der Waals surface area contributed by atoms with Crippen LogP contribution in [0.25, 0.3) is 0 Å². The fourth-order valence-corrected chi connectivity index (χ4v) is 1.94. The van der Waals surface area contributed by atoms with Crippen molar-refractivity contribution in [1.29, 1.82) is 0 Å². The van der Waals surface area contributed by atoms with E-state index in [9.17, 15) is 5.11 Å². The molecule has 0 saturated heterocycles. The van der Waals surface area contributed by atoms with Crippen LogP contribution in [-0.2, 0) is 6.54 Å². The zero-order valence-electron chi connectivity index (χ0n) is 8.45. The Morgan fingerprint density at radius 3 is 3.07 bits per heavy atom. The predicted octanol–water partition coefficient (Wildman–Crippen LogP) is 0.721. The van der Waals surface area contributed by atoms with Gasteiger partial charge in [-0.15, -0.1) is 0 Å². The van der Waals surface area contributed by atoms with Crippen LogP contribution >= 0.6 is 0 Å². The van der Waals surface area contributed by atoms with E-state index in [2.05, 4.69) is 15.5 Å². The number of aliphatic hydroxyl groups excluding tert-OH is 1. The van der Waals surface area contributed by atoms with E-state index >= 15 is 0 Å². The van der Waals surface area contributed by atoms with Gasteiger partial charge in [0.2, 0.25) is 0 Å². The Morgan fingerprint density at radius 1 is 1.64 bits per heavy atom. The first-order chi connectivity index (χ1) is 6.75. The quantitative estimate of drug-likeness (QED) is 0.666. The van der Waals surface area contributed by atoms with Crippen LogP contribution in [0, 0.1) is 6.92 Å². The number of nitrogens with zero attached hydrogens (tertiary/aromatic N) is 1. The van der Waals surface area contributed by atoms with Gasteiger partial charge in [0, 0.05) is 12.6 Å². The average Bonchev–Trinajstić information content (AvgIpc) is 2.72. The number of hydrogen-bond acceptors (Lipinski definition) is 3. The Bertz CT molecular complexity index is 297. The van der Waals surface area contributed by atoms with E-state index in [4.69, 9.17) is 0 Å². The van der Waals surface area contributed by atoms with Crippen LogP contribution in [0.15, 0.2) is 6.20 Å². The van der Waals surface area contributed by atoms with E-state index < -0.39 is 0 Å². The van der Waals surface area contributed by atoms with E-state index in [-0.39, 0.29) is 6.10 Å². The van der Waals surface area contributed by atoms with Crippen molar-refractivity contribution in [2.75, 3.05) is 0 Å². The maximum Gasteiger partial charge on any atom is 0.0555 e. The molecule has 1 aromatic heterocycles. The Balaban J connectivity index is 1.80. The van der Waals surface area contributed by atoms with Crippen molar-refractivity contribution in [3.63, 3.8) is 0 Å². The molecule has 0 radical (unpaired) electrons. The summed E-state index contributed by atoms with van der Waals surface area (Å²) in [6.45, 7) is 2.87.